The summed E-state index contributed by atoms with van der Waals surface area (Å²) in [6, 6.07) is 7.96. The van der Waals surface area contributed by atoms with E-state index in [1.807, 2.05) is 267 Å². The van der Waals surface area contributed by atoms with Crippen LogP contribution in [0.4, 0.5) is 0 Å². The van der Waals surface area contributed by atoms with Crippen molar-refractivity contribution in [2.45, 2.75) is 235 Å². The second kappa shape index (κ2) is 82.3. The average Bonchev–Trinajstić information content (AvgIpc) is 2.10. The van der Waals surface area contributed by atoms with Crippen LogP contribution < -0.4 is 0 Å². The van der Waals surface area contributed by atoms with Gasteiger partial charge in [0.15, 0.2) is 25.0 Å². The van der Waals surface area contributed by atoms with Crippen molar-refractivity contribution in [3.05, 3.63) is 227 Å². The maximum Gasteiger partial charge on any atom is 0.223 e. The molecule has 0 unspecified atom stereocenters. The number of aromatic nitrogens is 16. The highest BCUT2D eigenvalue weighted by Crippen LogP contribution is 2.05. The van der Waals surface area contributed by atoms with Crippen LogP contribution in [0.25, 0.3) is 0 Å². The molecule has 0 fully saturated rings. The summed E-state index contributed by atoms with van der Waals surface area (Å²) >= 11 is 7.92. The molecule has 13 heterocycles. The number of H-pyrrole nitrogens is 3. The van der Waals surface area contributed by atoms with Gasteiger partial charge in [0.2, 0.25) is 5.89 Å². The van der Waals surface area contributed by atoms with Crippen LogP contribution in [0.15, 0.2) is 149 Å². The number of furan rings is 1. The molecular weight excluding hydrogens is 1340 g/mol. The van der Waals surface area contributed by atoms with Gasteiger partial charge in [-0.25, -0.2) is 24.3 Å². The van der Waals surface area contributed by atoms with Gasteiger partial charge in [-0.05, 0) is 204 Å². The lowest BCUT2D eigenvalue weighted by Crippen LogP contribution is -1.70. The molecule has 0 atom stereocenters. The molecule has 0 saturated heterocycles. The van der Waals surface area contributed by atoms with E-state index >= 15 is 0 Å². The smallest absolute Gasteiger partial charge is 0.223 e. The van der Waals surface area contributed by atoms with Crippen molar-refractivity contribution in [2.75, 3.05) is 0 Å². The minimum atomic E-state index is 0.623. The fourth-order valence-corrected chi connectivity index (χ4v) is 7.23. The van der Waals surface area contributed by atoms with Gasteiger partial charge < -0.3 is 27.2 Å². The number of oxazole rings is 3. The zero-order chi connectivity index (χ0) is 77.6. The Morgan fingerprint density at radius 3 is 1.16 bits per heavy atom. The SMILES string of the molecule is CC.CC.CC.CC.CC.CC.CC.CC.Cc1cc[nH]c1.Cc1ccn[nH]1.Cc1ccoc1.Cc1ccsc1.Cc1cn[nH]c1.Cc1cnsc1.Cc1cocn1.Cc1cscn1.Cc1ncoc1C.Cc1ncoc1C.Cc1nnc(C)s1.Cc1noc(C)n1.Cc1nsc(C)n1. The highest BCUT2D eigenvalue weighted by molar-refractivity contribution is 7.11. The zero-order valence-corrected chi connectivity index (χ0v) is 70.6. The van der Waals surface area contributed by atoms with E-state index in [2.05, 4.69) is 119 Å². The van der Waals surface area contributed by atoms with Gasteiger partial charge in [0.25, 0.3) is 0 Å². The molecular formula is C73H126N16O5S5. The molecule has 21 nitrogen and oxygen atoms in total. The third-order valence-corrected chi connectivity index (χ3v) is 12.6. The zero-order valence-electron chi connectivity index (χ0n) is 66.5. The molecule has 3 N–H and O–H groups in total. The molecule has 0 aliphatic carbocycles. The lowest BCUT2D eigenvalue weighted by Gasteiger charge is -1.76. The summed E-state index contributed by atoms with van der Waals surface area (Å²) in [6.07, 6.45) is 20.4. The van der Waals surface area contributed by atoms with Gasteiger partial charge in [0.05, 0.1) is 41.3 Å². The molecule has 0 spiro atoms. The monoisotopic (exact) mass is 1470 g/mol. The summed E-state index contributed by atoms with van der Waals surface area (Å²) in [5.74, 6) is 4.00. The number of thiazole rings is 1. The predicted molar refractivity (Wildman–Crippen MR) is 425 cm³/mol. The number of nitrogens with one attached hydrogen (secondary N) is 3. The normalized spacial score (nSPS) is 8.10. The Balaban J connectivity index is -0.000000148. The first-order valence-electron chi connectivity index (χ1n) is 33.2. The number of aromatic amines is 3. The van der Waals surface area contributed by atoms with Crippen LogP contribution >= 0.6 is 57.1 Å². The quantitative estimate of drug-likeness (QED) is 0.127. The molecule has 13 rings (SSSR count). The van der Waals surface area contributed by atoms with Crippen LogP contribution in [0.5, 0.6) is 0 Å². The van der Waals surface area contributed by atoms with Crippen LogP contribution in [0.1, 0.15) is 211 Å². The molecule has 0 radical (unpaired) electrons. The molecule has 0 bridgehead atoms. The Bertz CT molecular complexity index is 2750. The second-order valence-electron chi connectivity index (χ2n) is 17.0. The van der Waals surface area contributed by atoms with E-state index in [-0.39, 0.29) is 0 Å². The van der Waals surface area contributed by atoms with Gasteiger partial charge in [0.1, 0.15) is 38.6 Å². The number of hydrogen-bond donors (Lipinski definition) is 3. The summed E-state index contributed by atoms with van der Waals surface area (Å²) in [6.45, 7) is 66.9. The first-order valence-corrected chi connectivity index (χ1v) is 37.5. The van der Waals surface area contributed by atoms with Crippen molar-refractivity contribution >= 4 is 57.1 Å². The van der Waals surface area contributed by atoms with E-state index in [0.29, 0.717) is 11.7 Å². The second-order valence-corrected chi connectivity index (χ2v) is 21.5. The summed E-state index contributed by atoms with van der Waals surface area (Å²) < 4.78 is 31.4. The highest BCUT2D eigenvalue weighted by atomic mass is 32.1. The van der Waals surface area contributed by atoms with E-state index in [1.165, 1.54) is 70.1 Å². The van der Waals surface area contributed by atoms with Crippen molar-refractivity contribution in [1.82, 2.24) is 79.4 Å². The molecule has 0 aliphatic rings. The van der Waals surface area contributed by atoms with Gasteiger partial charge in [-0.1, -0.05) is 116 Å². The summed E-state index contributed by atoms with van der Waals surface area (Å²) in [5.41, 5.74) is 13.2. The van der Waals surface area contributed by atoms with Crippen LogP contribution in [0.3, 0.4) is 0 Å². The number of thiophene rings is 1. The third-order valence-electron chi connectivity index (χ3n) is 8.88. The Morgan fingerprint density at radius 2 is 1.04 bits per heavy atom. The molecule has 99 heavy (non-hydrogen) atoms. The minimum Gasteiger partial charge on any atom is -0.472 e. The van der Waals surface area contributed by atoms with E-state index in [0.717, 1.165) is 60.8 Å². The molecule has 0 aromatic carbocycles. The Hall–Kier alpha value is -8.17. The Kier molecular flexibility index (Phi) is 88.8. The Labute approximate surface area is 616 Å². The molecule has 0 aliphatic heterocycles. The van der Waals surface area contributed by atoms with Gasteiger partial charge in [0, 0.05) is 60.1 Å². The Morgan fingerprint density at radius 1 is 0.455 bits per heavy atom. The largest absolute Gasteiger partial charge is 0.472 e. The van der Waals surface area contributed by atoms with Gasteiger partial charge in [-0.3, -0.25) is 15.2 Å². The van der Waals surface area contributed by atoms with E-state index in [9.17, 15) is 0 Å². The van der Waals surface area contributed by atoms with Gasteiger partial charge in [-0.2, -0.15) is 30.9 Å². The van der Waals surface area contributed by atoms with Crippen molar-refractivity contribution in [3.63, 3.8) is 0 Å². The molecule has 26 heteroatoms. The number of aryl methyl sites for hydroxylation is 18. The third kappa shape index (κ3) is 77.1. The van der Waals surface area contributed by atoms with Crippen molar-refractivity contribution in [2.24, 2.45) is 0 Å². The first kappa shape index (κ1) is 107. The maximum atomic E-state index is 4.85. The van der Waals surface area contributed by atoms with Crippen LogP contribution in [-0.4, -0.2) is 79.4 Å². The van der Waals surface area contributed by atoms with Crippen LogP contribution in [0.2, 0.25) is 0 Å². The minimum absolute atomic E-state index is 0.623. The molecule has 558 valence electrons. The molecule has 13 aromatic rings. The summed E-state index contributed by atoms with van der Waals surface area (Å²) in [5, 5.41) is 35.3. The highest BCUT2D eigenvalue weighted by Gasteiger charge is 1.93. The molecule has 0 saturated carbocycles. The number of hydrogen-bond acceptors (Lipinski definition) is 23. The summed E-state index contributed by atoms with van der Waals surface area (Å²) in [4.78, 5) is 26.2. The number of nitrogens with zero attached hydrogens (tertiary/aromatic N) is 13. The van der Waals surface area contributed by atoms with Crippen LogP contribution in [-0.2, 0) is 0 Å². The van der Waals surface area contributed by atoms with Crippen molar-refractivity contribution in [3.8, 4) is 0 Å². The lowest BCUT2D eigenvalue weighted by atomic mass is 10.4. The van der Waals surface area contributed by atoms with E-state index < -0.39 is 0 Å². The fourth-order valence-electron chi connectivity index (χ4n) is 4.43. The molecule has 13 aromatic heterocycles. The van der Waals surface area contributed by atoms with E-state index in [1.54, 1.807) is 79.0 Å². The topological polar surface area (TPSA) is 281 Å². The van der Waals surface area contributed by atoms with Crippen LogP contribution in [0, 0.1) is 125 Å². The predicted octanol–water partition coefficient (Wildman–Crippen LogP) is 24.1. The average molecular weight is 1470 g/mol. The van der Waals surface area contributed by atoms with Gasteiger partial charge in [-0.15, -0.1) is 32.9 Å². The fraction of sp³-hybridized carbons (Fsp3) is 0.466. The lowest BCUT2D eigenvalue weighted by molar-refractivity contribution is 0.389. The molecule has 0 amide bonds. The van der Waals surface area contributed by atoms with Crippen molar-refractivity contribution < 1.29 is 22.2 Å². The van der Waals surface area contributed by atoms with Gasteiger partial charge >= 0.3 is 0 Å². The van der Waals surface area contributed by atoms with E-state index in [4.69, 9.17) is 13.3 Å². The maximum absolute atomic E-state index is 4.85. The van der Waals surface area contributed by atoms with Crippen molar-refractivity contribution in [1.29, 1.82) is 0 Å². The first-order chi connectivity index (χ1) is 47.6. The summed E-state index contributed by atoms with van der Waals surface area (Å²) in [7, 11) is 0. The standard InChI is InChI=1S/2C5H7NO.C5H7N.C5H6O.C5H6S.C4H6N2O.2C4H6N2S.2C4H6N2.C4H5NO.2C4H5NS.8C2H6/c2*1-4-5(2)7-3-6-4;3*1-5-2-3-6-4-5;1-3-5-4(2)7-6-3;1-3-5-6-4(2)7-3;1-3-5-4(2)7-6-3;1-4-2-5-6-3-4;1-4-2-3-5-6-4;2*1-4-2-6-3-5-4;1-4-2-5-6-3-4;8*1-2/h2*3H,1-2H3;2-4,6H,1H3;2*2-4H,1H3;3*1-2H3;2*2-3H,1H3,(H,5,6);3*2-3H,1H3;8*1-2H3. The number of rotatable bonds is 0.